The molecule has 0 aliphatic rings. The van der Waals surface area contributed by atoms with Crippen LogP contribution in [0.15, 0.2) is 24.3 Å². The SMILES string of the molecule is O=C(CBr)NC[C@H](O)c1cccc(F)c1. The van der Waals surface area contributed by atoms with Crippen LogP contribution in [0.4, 0.5) is 4.39 Å². The number of carbonyl (C=O) groups excluding carboxylic acids is 1. The van der Waals surface area contributed by atoms with E-state index in [1.165, 1.54) is 18.2 Å². The van der Waals surface area contributed by atoms with Crippen molar-refractivity contribution in [2.45, 2.75) is 6.10 Å². The van der Waals surface area contributed by atoms with Crippen LogP contribution in [-0.4, -0.2) is 22.9 Å². The van der Waals surface area contributed by atoms with E-state index in [9.17, 15) is 14.3 Å². The molecule has 1 amide bonds. The molecule has 0 bridgehead atoms. The van der Waals surface area contributed by atoms with Crippen LogP contribution in [0.3, 0.4) is 0 Å². The minimum absolute atomic E-state index is 0.0773. The van der Waals surface area contributed by atoms with Crippen molar-refractivity contribution in [3.63, 3.8) is 0 Å². The first-order chi connectivity index (χ1) is 7.13. The minimum Gasteiger partial charge on any atom is -0.387 e. The van der Waals surface area contributed by atoms with Gasteiger partial charge in [0.25, 0.3) is 0 Å². The standard InChI is InChI=1S/C10H11BrFNO2/c11-5-10(15)13-6-9(14)7-2-1-3-8(12)4-7/h1-4,9,14H,5-6H2,(H,13,15)/t9-/m0/s1. The van der Waals surface area contributed by atoms with E-state index in [0.29, 0.717) is 5.56 Å². The second-order valence-corrected chi connectivity index (χ2v) is 3.57. The van der Waals surface area contributed by atoms with E-state index in [0.717, 1.165) is 0 Å². The molecule has 0 radical (unpaired) electrons. The van der Waals surface area contributed by atoms with Crippen molar-refractivity contribution >= 4 is 21.8 Å². The van der Waals surface area contributed by atoms with Crippen LogP contribution in [0, 0.1) is 5.82 Å². The van der Waals surface area contributed by atoms with Gasteiger partial charge in [0, 0.05) is 6.54 Å². The van der Waals surface area contributed by atoms with Crippen molar-refractivity contribution in [1.29, 1.82) is 0 Å². The molecular weight excluding hydrogens is 265 g/mol. The van der Waals surface area contributed by atoms with E-state index >= 15 is 0 Å². The van der Waals surface area contributed by atoms with Crippen LogP contribution in [0.2, 0.25) is 0 Å². The lowest BCUT2D eigenvalue weighted by molar-refractivity contribution is -0.118. The van der Waals surface area contributed by atoms with E-state index in [-0.39, 0.29) is 17.8 Å². The van der Waals surface area contributed by atoms with Gasteiger partial charge in [0.05, 0.1) is 11.4 Å². The van der Waals surface area contributed by atoms with Crippen LogP contribution >= 0.6 is 15.9 Å². The normalized spacial score (nSPS) is 12.2. The van der Waals surface area contributed by atoms with Gasteiger partial charge in [-0.15, -0.1) is 0 Å². The van der Waals surface area contributed by atoms with Crippen LogP contribution in [0.5, 0.6) is 0 Å². The van der Waals surface area contributed by atoms with Gasteiger partial charge in [-0.2, -0.15) is 0 Å². The summed E-state index contributed by atoms with van der Waals surface area (Å²) in [6.45, 7) is 0.0773. The molecule has 0 heterocycles. The smallest absolute Gasteiger partial charge is 0.230 e. The van der Waals surface area contributed by atoms with E-state index in [1.807, 2.05) is 0 Å². The highest BCUT2D eigenvalue weighted by Gasteiger charge is 2.09. The lowest BCUT2D eigenvalue weighted by Crippen LogP contribution is -2.29. The average Bonchev–Trinajstić information content (AvgIpc) is 2.25. The molecular formula is C10H11BrFNO2. The third-order valence-corrected chi connectivity index (χ3v) is 2.36. The number of aliphatic hydroxyl groups is 1. The number of nitrogens with one attached hydrogen (secondary N) is 1. The number of alkyl halides is 1. The Bertz CT molecular complexity index is 346. The monoisotopic (exact) mass is 275 g/mol. The maximum atomic E-state index is 12.8. The summed E-state index contributed by atoms with van der Waals surface area (Å²) in [6.07, 6.45) is -0.885. The number of hydrogen-bond donors (Lipinski definition) is 2. The molecule has 0 fully saturated rings. The molecule has 2 N–H and O–H groups in total. The first-order valence-electron chi connectivity index (χ1n) is 4.39. The molecule has 5 heteroatoms. The Hall–Kier alpha value is -0.940. The summed E-state index contributed by atoms with van der Waals surface area (Å²) >= 11 is 2.98. The van der Waals surface area contributed by atoms with Gasteiger partial charge in [-0.3, -0.25) is 4.79 Å². The molecule has 0 unspecified atom stereocenters. The zero-order chi connectivity index (χ0) is 11.3. The van der Waals surface area contributed by atoms with Crippen LogP contribution in [0.25, 0.3) is 0 Å². The van der Waals surface area contributed by atoms with Crippen LogP contribution in [0.1, 0.15) is 11.7 Å². The molecule has 1 aromatic carbocycles. The zero-order valence-corrected chi connectivity index (χ0v) is 9.50. The van der Waals surface area contributed by atoms with Gasteiger partial charge in [-0.25, -0.2) is 4.39 Å². The zero-order valence-electron chi connectivity index (χ0n) is 7.91. The molecule has 1 atom stereocenters. The summed E-state index contributed by atoms with van der Waals surface area (Å²) in [5.41, 5.74) is 0.449. The van der Waals surface area contributed by atoms with Gasteiger partial charge in [-0.05, 0) is 17.7 Å². The Labute approximate surface area is 95.4 Å². The van der Waals surface area contributed by atoms with Crippen molar-refractivity contribution in [3.05, 3.63) is 35.6 Å². The van der Waals surface area contributed by atoms with E-state index in [1.54, 1.807) is 6.07 Å². The fraction of sp³-hybridized carbons (Fsp3) is 0.300. The van der Waals surface area contributed by atoms with E-state index in [2.05, 4.69) is 21.2 Å². The molecule has 1 aromatic rings. The fourth-order valence-corrected chi connectivity index (χ4v) is 1.29. The topological polar surface area (TPSA) is 49.3 Å². The van der Waals surface area contributed by atoms with E-state index < -0.39 is 11.9 Å². The number of hydrogen-bond acceptors (Lipinski definition) is 2. The number of aliphatic hydroxyl groups excluding tert-OH is 1. The molecule has 0 aliphatic carbocycles. The van der Waals surface area contributed by atoms with Gasteiger partial charge in [0.15, 0.2) is 0 Å². The van der Waals surface area contributed by atoms with Crippen molar-refractivity contribution in [2.75, 3.05) is 11.9 Å². The lowest BCUT2D eigenvalue weighted by atomic mass is 10.1. The van der Waals surface area contributed by atoms with Gasteiger partial charge >= 0.3 is 0 Å². The average molecular weight is 276 g/mol. The van der Waals surface area contributed by atoms with Gasteiger partial charge in [0.2, 0.25) is 5.91 Å². The molecule has 0 aliphatic heterocycles. The number of benzene rings is 1. The molecule has 82 valence electrons. The fourth-order valence-electron chi connectivity index (χ4n) is 1.09. The number of amides is 1. The Morgan fingerprint density at radius 1 is 1.60 bits per heavy atom. The largest absolute Gasteiger partial charge is 0.387 e. The quantitative estimate of drug-likeness (QED) is 0.816. The Kier molecular flexibility index (Phi) is 4.71. The van der Waals surface area contributed by atoms with E-state index in [4.69, 9.17) is 0 Å². The number of carbonyl (C=O) groups is 1. The van der Waals surface area contributed by atoms with Crippen molar-refractivity contribution in [2.24, 2.45) is 0 Å². The summed E-state index contributed by atoms with van der Waals surface area (Å²) in [5.74, 6) is -0.621. The molecule has 0 saturated carbocycles. The van der Waals surface area contributed by atoms with Gasteiger partial charge in [-0.1, -0.05) is 28.1 Å². The molecule has 0 aromatic heterocycles. The highest BCUT2D eigenvalue weighted by molar-refractivity contribution is 9.09. The third-order valence-electron chi connectivity index (χ3n) is 1.85. The van der Waals surface area contributed by atoms with Crippen molar-refractivity contribution in [3.8, 4) is 0 Å². The summed E-state index contributed by atoms with van der Waals surface area (Å²) in [7, 11) is 0. The van der Waals surface area contributed by atoms with Crippen molar-refractivity contribution in [1.82, 2.24) is 5.32 Å². The highest BCUT2D eigenvalue weighted by atomic mass is 79.9. The summed E-state index contributed by atoms with van der Waals surface area (Å²) in [4.78, 5) is 10.9. The second kappa shape index (κ2) is 5.82. The van der Waals surface area contributed by atoms with Crippen LogP contribution in [-0.2, 0) is 4.79 Å². The minimum atomic E-state index is -0.885. The number of halogens is 2. The van der Waals surface area contributed by atoms with Crippen molar-refractivity contribution < 1.29 is 14.3 Å². The molecule has 1 rings (SSSR count). The second-order valence-electron chi connectivity index (χ2n) is 3.01. The predicted molar refractivity (Wildman–Crippen MR) is 58.2 cm³/mol. The lowest BCUT2D eigenvalue weighted by Gasteiger charge is -2.11. The van der Waals surface area contributed by atoms with Crippen LogP contribution < -0.4 is 5.32 Å². The molecule has 0 spiro atoms. The maximum absolute atomic E-state index is 12.8. The molecule has 15 heavy (non-hydrogen) atoms. The van der Waals surface area contributed by atoms with Gasteiger partial charge in [0.1, 0.15) is 5.82 Å². The Morgan fingerprint density at radius 2 is 2.33 bits per heavy atom. The summed E-state index contributed by atoms with van der Waals surface area (Å²) < 4.78 is 12.8. The number of rotatable bonds is 4. The molecule has 0 saturated heterocycles. The van der Waals surface area contributed by atoms with Gasteiger partial charge < -0.3 is 10.4 Å². The maximum Gasteiger partial charge on any atom is 0.230 e. The third kappa shape index (κ3) is 3.97. The summed E-state index contributed by atoms with van der Waals surface area (Å²) in [6, 6.07) is 5.66. The highest BCUT2D eigenvalue weighted by Crippen LogP contribution is 2.12. The molecule has 3 nitrogen and oxygen atoms in total. The summed E-state index contributed by atoms with van der Waals surface area (Å²) in [5, 5.41) is 12.3. The predicted octanol–water partition coefficient (Wildman–Crippen LogP) is 1.37. The Balaban J connectivity index is 2.53. The first kappa shape index (κ1) is 12.1. The Morgan fingerprint density at radius 3 is 2.93 bits per heavy atom. The first-order valence-corrected chi connectivity index (χ1v) is 5.52.